The number of carbonyl (C=O) groups excluding carboxylic acids is 1. The van der Waals surface area contributed by atoms with Gasteiger partial charge in [0.25, 0.3) is 0 Å². The third kappa shape index (κ3) is 3.54. The van der Waals surface area contributed by atoms with Crippen molar-refractivity contribution in [2.45, 2.75) is 20.3 Å². The van der Waals surface area contributed by atoms with Gasteiger partial charge in [0.05, 0.1) is 0 Å². The van der Waals surface area contributed by atoms with Crippen molar-refractivity contribution in [3.63, 3.8) is 0 Å². The lowest BCUT2D eigenvalue weighted by atomic mass is 10.0. The molecule has 80 valence electrons. The standard InChI is InChI=1S/C12H15NO2/c1-9(2)7-10-3-5-11(6-4-10)12(14)8-13-15/h3-6,8-9,15H,7H2,1-2H3. The average molecular weight is 205 g/mol. The Morgan fingerprint density at radius 2 is 2.00 bits per heavy atom. The smallest absolute Gasteiger partial charge is 0.207 e. The quantitative estimate of drug-likeness (QED) is 0.355. The van der Waals surface area contributed by atoms with Gasteiger partial charge in [-0.15, -0.1) is 0 Å². The van der Waals surface area contributed by atoms with E-state index in [0.29, 0.717) is 11.5 Å². The van der Waals surface area contributed by atoms with Gasteiger partial charge >= 0.3 is 0 Å². The molecule has 0 spiro atoms. The molecule has 0 saturated carbocycles. The fourth-order valence-electron chi connectivity index (χ4n) is 1.40. The molecule has 0 amide bonds. The predicted octanol–water partition coefficient (Wildman–Crippen LogP) is 2.53. The second-order valence-electron chi connectivity index (χ2n) is 3.90. The number of ketones is 1. The van der Waals surface area contributed by atoms with Crippen LogP contribution >= 0.6 is 0 Å². The summed E-state index contributed by atoms with van der Waals surface area (Å²) in [4.78, 5) is 11.3. The Morgan fingerprint density at radius 1 is 1.40 bits per heavy atom. The monoisotopic (exact) mass is 205 g/mol. The van der Waals surface area contributed by atoms with E-state index in [2.05, 4.69) is 19.0 Å². The summed E-state index contributed by atoms with van der Waals surface area (Å²) < 4.78 is 0. The Balaban J connectivity index is 2.76. The van der Waals surface area contributed by atoms with E-state index in [1.807, 2.05) is 12.1 Å². The Hall–Kier alpha value is -1.64. The normalized spacial score (nSPS) is 11.1. The maximum Gasteiger partial charge on any atom is 0.207 e. The van der Waals surface area contributed by atoms with Gasteiger partial charge in [-0.05, 0) is 17.9 Å². The van der Waals surface area contributed by atoms with Crippen molar-refractivity contribution >= 4 is 12.0 Å². The lowest BCUT2D eigenvalue weighted by molar-refractivity contribution is 0.106. The molecule has 0 unspecified atom stereocenters. The highest BCUT2D eigenvalue weighted by molar-refractivity contribution is 6.35. The molecular formula is C12H15NO2. The number of hydrogen-bond acceptors (Lipinski definition) is 3. The van der Waals surface area contributed by atoms with Crippen LogP contribution in [0.15, 0.2) is 29.4 Å². The van der Waals surface area contributed by atoms with Crippen molar-refractivity contribution < 1.29 is 10.0 Å². The average Bonchev–Trinajstić information content (AvgIpc) is 2.18. The Bertz CT molecular complexity index is 352. The minimum Gasteiger partial charge on any atom is -0.411 e. The lowest BCUT2D eigenvalue weighted by Gasteiger charge is -2.04. The van der Waals surface area contributed by atoms with Crippen LogP contribution in [0.5, 0.6) is 0 Å². The SMILES string of the molecule is CC(C)Cc1ccc(C(=O)C=NO)cc1. The van der Waals surface area contributed by atoms with Gasteiger partial charge in [0.2, 0.25) is 5.78 Å². The highest BCUT2D eigenvalue weighted by atomic mass is 16.4. The Morgan fingerprint density at radius 3 is 2.47 bits per heavy atom. The van der Waals surface area contributed by atoms with Crippen molar-refractivity contribution in [2.24, 2.45) is 11.1 Å². The minimum atomic E-state index is -0.284. The summed E-state index contributed by atoms with van der Waals surface area (Å²) in [5.74, 6) is 0.319. The molecule has 0 bridgehead atoms. The molecule has 1 aromatic carbocycles. The number of benzene rings is 1. The van der Waals surface area contributed by atoms with Crippen LogP contribution in [0.1, 0.15) is 29.8 Å². The maximum atomic E-state index is 11.3. The molecule has 0 aliphatic rings. The Kier molecular flexibility index (Phi) is 4.03. The van der Waals surface area contributed by atoms with Crippen LogP contribution in [0.3, 0.4) is 0 Å². The van der Waals surface area contributed by atoms with Crippen LogP contribution in [0, 0.1) is 5.92 Å². The molecule has 0 heterocycles. The molecule has 0 saturated heterocycles. The summed E-state index contributed by atoms with van der Waals surface area (Å²) >= 11 is 0. The first-order valence-electron chi connectivity index (χ1n) is 4.94. The molecule has 3 nitrogen and oxygen atoms in total. The fraction of sp³-hybridized carbons (Fsp3) is 0.333. The maximum absolute atomic E-state index is 11.3. The van der Waals surface area contributed by atoms with Gasteiger partial charge in [-0.2, -0.15) is 0 Å². The van der Waals surface area contributed by atoms with Crippen LogP contribution in [-0.4, -0.2) is 17.2 Å². The van der Waals surface area contributed by atoms with Crippen molar-refractivity contribution in [1.82, 2.24) is 0 Å². The first kappa shape index (κ1) is 11.4. The molecule has 0 aromatic heterocycles. The highest BCUT2D eigenvalue weighted by Gasteiger charge is 2.03. The van der Waals surface area contributed by atoms with Gasteiger partial charge < -0.3 is 5.21 Å². The van der Waals surface area contributed by atoms with E-state index in [1.165, 1.54) is 5.56 Å². The minimum absolute atomic E-state index is 0.284. The van der Waals surface area contributed by atoms with E-state index in [9.17, 15) is 4.79 Å². The lowest BCUT2D eigenvalue weighted by Crippen LogP contribution is -2.01. The molecule has 0 radical (unpaired) electrons. The van der Waals surface area contributed by atoms with E-state index in [-0.39, 0.29) is 5.78 Å². The second kappa shape index (κ2) is 5.29. The van der Waals surface area contributed by atoms with Crippen molar-refractivity contribution in [3.8, 4) is 0 Å². The second-order valence-corrected chi connectivity index (χ2v) is 3.90. The van der Waals surface area contributed by atoms with E-state index in [4.69, 9.17) is 5.21 Å². The zero-order chi connectivity index (χ0) is 11.3. The van der Waals surface area contributed by atoms with Crippen molar-refractivity contribution in [2.75, 3.05) is 0 Å². The topological polar surface area (TPSA) is 49.7 Å². The molecule has 0 aliphatic heterocycles. The van der Waals surface area contributed by atoms with Gasteiger partial charge in [-0.1, -0.05) is 43.3 Å². The predicted molar refractivity (Wildman–Crippen MR) is 59.6 cm³/mol. The van der Waals surface area contributed by atoms with Crippen LogP contribution in [-0.2, 0) is 6.42 Å². The van der Waals surface area contributed by atoms with Gasteiger partial charge in [-0.3, -0.25) is 4.79 Å². The largest absolute Gasteiger partial charge is 0.411 e. The molecule has 1 rings (SSSR count). The molecule has 1 N–H and O–H groups in total. The number of oxime groups is 1. The number of hydrogen-bond donors (Lipinski definition) is 1. The summed E-state index contributed by atoms with van der Waals surface area (Å²) in [7, 11) is 0. The summed E-state index contributed by atoms with van der Waals surface area (Å²) in [5, 5.41) is 10.9. The number of carbonyl (C=O) groups is 1. The van der Waals surface area contributed by atoms with Gasteiger partial charge in [0.1, 0.15) is 6.21 Å². The summed E-state index contributed by atoms with van der Waals surface area (Å²) in [5.41, 5.74) is 1.75. The van der Waals surface area contributed by atoms with Gasteiger partial charge in [-0.25, -0.2) is 0 Å². The first-order chi connectivity index (χ1) is 7.13. The first-order valence-corrected chi connectivity index (χ1v) is 4.94. The van der Waals surface area contributed by atoms with Crippen LogP contribution in [0.2, 0.25) is 0 Å². The van der Waals surface area contributed by atoms with Crippen molar-refractivity contribution in [1.29, 1.82) is 0 Å². The van der Waals surface area contributed by atoms with Crippen molar-refractivity contribution in [3.05, 3.63) is 35.4 Å². The molecule has 0 fully saturated rings. The van der Waals surface area contributed by atoms with Crippen LogP contribution in [0.4, 0.5) is 0 Å². The van der Waals surface area contributed by atoms with Gasteiger partial charge in [0.15, 0.2) is 0 Å². The Labute approximate surface area is 89.4 Å². The number of rotatable bonds is 4. The van der Waals surface area contributed by atoms with E-state index in [1.54, 1.807) is 12.1 Å². The van der Waals surface area contributed by atoms with Crippen LogP contribution in [0.25, 0.3) is 0 Å². The highest BCUT2D eigenvalue weighted by Crippen LogP contribution is 2.09. The van der Waals surface area contributed by atoms with E-state index < -0.39 is 0 Å². The number of nitrogens with zero attached hydrogens (tertiary/aromatic N) is 1. The molecule has 0 aliphatic carbocycles. The van der Waals surface area contributed by atoms with Crippen LogP contribution < -0.4 is 0 Å². The third-order valence-electron chi connectivity index (χ3n) is 2.06. The zero-order valence-corrected chi connectivity index (χ0v) is 8.97. The molecule has 3 heteroatoms. The molecular weight excluding hydrogens is 190 g/mol. The molecule has 15 heavy (non-hydrogen) atoms. The summed E-state index contributed by atoms with van der Waals surface area (Å²) in [6.45, 7) is 4.30. The van der Waals surface area contributed by atoms with E-state index >= 15 is 0 Å². The van der Waals surface area contributed by atoms with E-state index in [0.717, 1.165) is 12.6 Å². The fourth-order valence-corrected chi connectivity index (χ4v) is 1.40. The third-order valence-corrected chi connectivity index (χ3v) is 2.06. The summed E-state index contributed by atoms with van der Waals surface area (Å²) in [6.07, 6.45) is 1.90. The van der Waals surface area contributed by atoms with Gasteiger partial charge in [0, 0.05) is 5.56 Å². The molecule has 1 aromatic rings. The zero-order valence-electron chi connectivity index (χ0n) is 8.97. The molecule has 0 atom stereocenters. The summed E-state index contributed by atoms with van der Waals surface area (Å²) in [6, 6.07) is 7.36. The number of Topliss-reactive ketones (excluding diaryl/α,β-unsaturated/α-hetero) is 1.